The van der Waals surface area contributed by atoms with Crippen molar-refractivity contribution in [3.05, 3.63) is 139 Å². The first-order valence-corrected chi connectivity index (χ1v) is 16.5. The van der Waals surface area contributed by atoms with Gasteiger partial charge in [-0.05, 0) is 109 Å². The van der Waals surface area contributed by atoms with Gasteiger partial charge >= 0.3 is 0 Å². The summed E-state index contributed by atoms with van der Waals surface area (Å²) in [5, 5.41) is 13.1. The molecule has 0 bridgehead atoms. The quantitative estimate of drug-likeness (QED) is 0.0862. The first-order valence-electron chi connectivity index (χ1n) is 16.5. The summed E-state index contributed by atoms with van der Waals surface area (Å²) in [6, 6.07) is 22.6. The second-order valence-electron chi connectivity index (χ2n) is 13.4. The molecular formula is C38H46N10O2. The smallest absolute Gasteiger partial charge is 0.241 e. The molecule has 2 aromatic heterocycles. The third-order valence-corrected chi connectivity index (χ3v) is 8.18. The van der Waals surface area contributed by atoms with Gasteiger partial charge in [-0.25, -0.2) is 9.97 Å². The molecule has 12 heteroatoms. The number of anilines is 2. The number of carbonyl (C=O) groups is 2. The molecule has 0 aliphatic heterocycles. The van der Waals surface area contributed by atoms with Crippen molar-refractivity contribution in [3.63, 3.8) is 0 Å². The normalized spacial score (nSPS) is 13.0. The predicted molar refractivity (Wildman–Crippen MR) is 198 cm³/mol. The third-order valence-electron chi connectivity index (χ3n) is 8.18. The molecule has 0 aliphatic rings. The average Bonchev–Trinajstić information content (AvgIpc) is 3.07. The lowest BCUT2D eigenvalue weighted by atomic mass is 9.90. The van der Waals surface area contributed by atoms with E-state index in [1.807, 2.05) is 74.5 Å². The minimum atomic E-state index is -1.35. The molecule has 0 aliphatic carbocycles. The Balaban J connectivity index is 0.000000270. The average molecular weight is 675 g/mol. The number of pyridine rings is 2. The summed E-state index contributed by atoms with van der Waals surface area (Å²) in [7, 11) is 0. The van der Waals surface area contributed by atoms with Crippen LogP contribution in [0.4, 0.5) is 11.6 Å². The van der Waals surface area contributed by atoms with Gasteiger partial charge in [0, 0.05) is 22.2 Å². The highest BCUT2D eigenvalue weighted by Crippen LogP contribution is 2.30. The molecule has 50 heavy (non-hydrogen) atoms. The van der Waals surface area contributed by atoms with Gasteiger partial charge in [-0.3, -0.25) is 9.59 Å². The fourth-order valence-electron chi connectivity index (χ4n) is 5.21. The zero-order valence-electron chi connectivity index (χ0n) is 30.0. The Labute approximate surface area is 294 Å². The van der Waals surface area contributed by atoms with E-state index in [0.717, 1.165) is 24.0 Å². The lowest BCUT2D eigenvalue weighted by Gasteiger charge is -2.24. The molecule has 0 fully saturated rings. The number of carbonyl (C=O) groups excluding carboxylic acids is 2. The van der Waals surface area contributed by atoms with Gasteiger partial charge in [0.1, 0.15) is 22.7 Å². The van der Waals surface area contributed by atoms with Crippen LogP contribution in [0.15, 0.2) is 95.4 Å². The van der Waals surface area contributed by atoms with Crippen LogP contribution in [-0.4, -0.2) is 21.8 Å². The van der Waals surface area contributed by atoms with E-state index in [1.54, 1.807) is 38.4 Å². The number of hydrogen-bond donors (Lipinski definition) is 2. The van der Waals surface area contributed by atoms with E-state index < -0.39 is 22.9 Å². The molecule has 4 aromatic rings. The minimum absolute atomic E-state index is 0.413. The van der Waals surface area contributed by atoms with Gasteiger partial charge in [0.05, 0.1) is 0 Å². The molecule has 4 rings (SSSR count). The van der Waals surface area contributed by atoms with Crippen molar-refractivity contribution in [2.75, 3.05) is 10.6 Å². The molecule has 12 nitrogen and oxygen atoms in total. The molecule has 2 amide bonds. The molecule has 2 N–H and O–H groups in total. The second kappa shape index (κ2) is 17.6. The number of hydrogen-bond acceptors (Lipinski definition) is 6. The van der Waals surface area contributed by atoms with Crippen LogP contribution in [0.3, 0.4) is 0 Å². The maximum atomic E-state index is 12.8. The Morgan fingerprint density at radius 1 is 0.660 bits per heavy atom. The predicted octanol–water partition coefficient (Wildman–Crippen LogP) is 9.51. The maximum Gasteiger partial charge on any atom is 0.241 e. The van der Waals surface area contributed by atoms with Gasteiger partial charge < -0.3 is 10.6 Å². The zero-order valence-corrected chi connectivity index (χ0v) is 30.0. The summed E-state index contributed by atoms with van der Waals surface area (Å²) in [5.41, 5.74) is 20.6. The lowest BCUT2D eigenvalue weighted by Crippen LogP contribution is -2.36. The van der Waals surface area contributed by atoms with Crippen LogP contribution >= 0.6 is 0 Å². The Hall–Kier alpha value is -5.70. The van der Waals surface area contributed by atoms with E-state index in [4.69, 9.17) is 11.1 Å². The monoisotopic (exact) mass is 674 g/mol. The SMILES string of the molecule is Cc1cccnc1NC(=O)[C@@](C)(N=[N+]=[N-])c1ccc(CC(C)C)cc1.Cc1cccnc1NC(=O)[C@@](C)(N=[N+]=[N-])c1ccc(CC(C)C)cc1. The van der Waals surface area contributed by atoms with Crippen LogP contribution in [0.1, 0.15) is 74.9 Å². The summed E-state index contributed by atoms with van der Waals surface area (Å²) >= 11 is 0. The molecule has 260 valence electrons. The van der Waals surface area contributed by atoms with Crippen LogP contribution in [-0.2, 0) is 33.5 Å². The van der Waals surface area contributed by atoms with E-state index in [1.165, 1.54) is 11.1 Å². The molecule has 0 unspecified atom stereocenters. The highest BCUT2D eigenvalue weighted by atomic mass is 16.2. The van der Waals surface area contributed by atoms with Crippen molar-refractivity contribution < 1.29 is 9.59 Å². The molecule has 0 saturated carbocycles. The minimum Gasteiger partial charge on any atom is -0.310 e. The van der Waals surface area contributed by atoms with E-state index in [2.05, 4.69) is 68.3 Å². The van der Waals surface area contributed by atoms with Crippen molar-refractivity contribution >= 4 is 23.5 Å². The van der Waals surface area contributed by atoms with Gasteiger partial charge in [0.2, 0.25) is 11.8 Å². The molecule has 2 atom stereocenters. The van der Waals surface area contributed by atoms with Crippen molar-refractivity contribution in [2.24, 2.45) is 22.1 Å². The van der Waals surface area contributed by atoms with Crippen molar-refractivity contribution in [3.8, 4) is 0 Å². The topological polar surface area (TPSA) is 182 Å². The largest absolute Gasteiger partial charge is 0.310 e. The standard InChI is InChI=1S/2C19H23N5O/c2*1-13(2)12-15-7-9-16(10-8-15)19(4,23-24-20)18(25)22-17-14(3)6-5-11-21-17/h2*5-11,13H,12H2,1-4H3,(H,21,22,25)/t2*19-/m00/s1. The van der Waals surface area contributed by atoms with Crippen LogP contribution in [0, 0.1) is 25.7 Å². The summed E-state index contributed by atoms with van der Waals surface area (Å²) in [4.78, 5) is 39.7. The Morgan fingerprint density at radius 3 is 1.28 bits per heavy atom. The van der Waals surface area contributed by atoms with Gasteiger partial charge in [-0.2, -0.15) is 0 Å². The summed E-state index contributed by atoms with van der Waals surface area (Å²) in [5.74, 6) is 1.19. The molecule has 0 radical (unpaired) electrons. The third kappa shape index (κ3) is 10.2. The molecule has 2 aromatic carbocycles. The highest BCUT2D eigenvalue weighted by molar-refractivity contribution is 5.99. The van der Waals surface area contributed by atoms with Gasteiger partial charge in [-0.15, -0.1) is 0 Å². The maximum absolute atomic E-state index is 12.8. The van der Waals surface area contributed by atoms with Gasteiger partial charge in [0.15, 0.2) is 0 Å². The Kier molecular flexibility index (Phi) is 13.7. The first kappa shape index (κ1) is 38.7. The summed E-state index contributed by atoms with van der Waals surface area (Å²) in [6.07, 6.45) is 5.12. The first-order chi connectivity index (χ1) is 23.7. The summed E-state index contributed by atoms with van der Waals surface area (Å²) in [6.45, 7) is 15.5. The number of azide groups is 2. The number of aryl methyl sites for hydroxylation is 2. The van der Waals surface area contributed by atoms with Crippen molar-refractivity contribution in [1.29, 1.82) is 0 Å². The van der Waals surface area contributed by atoms with E-state index >= 15 is 0 Å². The second-order valence-corrected chi connectivity index (χ2v) is 13.4. The van der Waals surface area contributed by atoms with Crippen molar-refractivity contribution in [1.82, 2.24) is 9.97 Å². The molecule has 2 heterocycles. The zero-order chi connectivity index (χ0) is 36.9. The van der Waals surface area contributed by atoms with E-state index in [0.29, 0.717) is 34.6 Å². The Bertz CT molecular complexity index is 1720. The fraction of sp³-hybridized carbons (Fsp3) is 0.368. The van der Waals surface area contributed by atoms with E-state index in [-0.39, 0.29) is 0 Å². The number of benzene rings is 2. The molecule has 0 spiro atoms. The van der Waals surface area contributed by atoms with Crippen LogP contribution in [0.5, 0.6) is 0 Å². The van der Waals surface area contributed by atoms with E-state index in [9.17, 15) is 9.59 Å². The van der Waals surface area contributed by atoms with Crippen LogP contribution in [0.2, 0.25) is 0 Å². The van der Waals surface area contributed by atoms with Gasteiger partial charge in [-0.1, -0.05) is 98.6 Å². The van der Waals surface area contributed by atoms with Crippen LogP contribution in [0.25, 0.3) is 20.9 Å². The number of amides is 2. The number of nitrogens with one attached hydrogen (secondary N) is 2. The summed E-state index contributed by atoms with van der Waals surface area (Å²) < 4.78 is 0. The molecular weight excluding hydrogens is 628 g/mol. The lowest BCUT2D eigenvalue weighted by molar-refractivity contribution is -0.121. The van der Waals surface area contributed by atoms with Crippen LogP contribution < -0.4 is 10.6 Å². The number of nitrogens with zero attached hydrogens (tertiary/aromatic N) is 8. The Morgan fingerprint density at radius 2 is 1.00 bits per heavy atom. The highest BCUT2D eigenvalue weighted by Gasteiger charge is 2.36. The number of rotatable bonds is 12. The van der Waals surface area contributed by atoms with Gasteiger partial charge in [0.25, 0.3) is 0 Å². The fourth-order valence-corrected chi connectivity index (χ4v) is 5.21. The molecule has 0 saturated heterocycles. The van der Waals surface area contributed by atoms with Crippen molar-refractivity contribution in [2.45, 2.75) is 79.3 Å². The number of aromatic nitrogens is 2.